The Kier molecular flexibility index (Phi) is 3.31. The summed E-state index contributed by atoms with van der Waals surface area (Å²) >= 11 is 5.61. The van der Waals surface area contributed by atoms with Gasteiger partial charge in [0.1, 0.15) is 5.88 Å². The molecule has 0 N–H and O–H groups in total. The second-order valence-corrected chi connectivity index (χ2v) is 5.32. The van der Waals surface area contributed by atoms with Crippen molar-refractivity contribution in [1.82, 2.24) is 9.88 Å². The Labute approximate surface area is 116 Å². The van der Waals surface area contributed by atoms with Crippen LogP contribution in [0.1, 0.15) is 12.8 Å². The maximum atomic E-state index is 13.9. The molecule has 1 amide bonds. The van der Waals surface area contributed by atoms with E-state index in [0.29, 0.717) is 18.8 Å². The molecule has 2 bridgehead atoms. The summed E-state index contributed by atoms with van der Waals surface area (Å²) in [6.07, 6.45) is 4.82. The van der Waals surface area contributed by atoms with Gasteiger partial charge in [0.05, 0.1) is 11.9 Å². The minimum absolute atomic E-state index is 0.0169. The largest absolute Gasteiger partial charge is 0.360 e. The lowest BCUT2D eigenvalue weighted by atomic mass is 10.1. The molecule has 0 aliphatic carbocycles. The fraction of sp³-hybridized carbons (Fsp3) is 0.538. The average molecular weight is 284 g/mol. The van der Waals surface area contributed by atoms with Crippen LogP contribution in [0.25, 0.3) is 0 Å². The van der Waals surface area contributed by atoms with Gasteiger partial charge in [-0.05, 0) is 18.9 Å². The van der Waals surface area contributed by atoms with Crippen molar-refractivity contribution in [1.29, 1.82) is 0 Å². The number of pyridine rings is 1. The van der Waals surface area contributed by atoms with E-state index >= 15 is 0 Å². The number of alkyl halides is 1. The molecule has 102 valence electrons. The van der Waals surface area contributed by atoms with Crippen LogP contribution in [-0.2, 0) is 4.79 Å². The minimum atomic E-state index is -0.295. The third kappa shape index (κ3) is 2.16. The smallest absolute Gasteiger partial charge is 0.237 e. The summed E-state index contributed by atoms with van der Waals surface area (Å²) in [7, 11) is 0. The molecule has 2 atom stereocenters. The molecule has 0 saturated carbocycles. The van der Waals surface area contributed by atoms with Gasteiger partial charge in [-0.1, -0.05) is 0 Å². The number of rotatable bonds is 2. The van der Waals surface area contributed by atoms with E-state index in [1.54, 1.807) is 17.2 Å². The Morgan fingerprint density at radius 3 is 2.68 bits per heavy atom. The van der Waals surface area contributed by atoms with Gasteiger partial charge < -0.3 is 9.80 Å². The molecule has 0 radical (unpaired) electrons. The molecular weight excluding hydrogens is 269 g/mol. The number of likely N-dealkylation sites (tertiary alicyclic amines) is 1. The fourth-order valence-electron chi connectivity index (χ4n) is 3.16. The Morgan fingerprint density at radius 2 is 2.11 bits per heavy atom. The molecule has 0 unspecified atom stereocenters. The molecule has 2 aliphatic heterocycles. The van der Waals surface area contributed by atoms with Gasteiger partial charge in [0.2, 0.25) is 5.91 Å². The lowest BCUT2D eigenvalue weighted by Gasteiger charge is -2.42. The first-order chi connectivity index (χ1) is 9.20. The molecule has 1 aromatic heterocycles. The van der Waals surface area contributed by atoms with E-state index in [-0.39, 0.29) is 29.7 Å². The second kappa shape index (κ2) is 4.96. The van der Waals surface area contributed by atoms with E-state index in [0.717, 1.165) is 12.8 Å². The molecule has 6 heteroatoms. The molecule has 0 aromatic carbocycles. The number of carbonyl (C=O) groups is 1. The Hall–Kier alpha value is -1.36. The standard InChI is InChI=1S/C13H15ClFN3O/c14-5-13(19)17-7-9-1-2-10(8-17)18(9)12-3-4-16-6-11(12)15/h3-4,6,9-10H,1-2,5,7-8H2/t9-,10+. The summed E-state index contributed by atoms with van der Waals surface area (Å²) < 4.78 is 13.9. The third-order valence-corrected chi connectivity index (χ3v) is 4.21. The molecule has 2 saturated heterocycles. The van der Waals surface area contributed by atoms with Crippen LogP contribution >= 0.6 is 11.6 Å². The number of nitrogens with zero attached hydrogens (tertiary/aromatic N) is 3. The van der Waals surface area contributed by atoms with Crippen molar-refractivity contribution in [3.8, 4) is 0 Å². The molecule has 4 nitrogen and oxygen atoms in total. The first-order valence-corrected chi connectivity index (χ1v) is 6.95. The van der Waals surface area contributed by atoms with Crippen molar-refractivity contribution < 1.29 is 9.18 Å². The van der Waals surface area contributed by atoms with Crippen LogP contribution in [0.3, 0.4) is 0 Å². The number of carbonyl (C=O) groups excluding carboxylic acids is 1. The zero-order valence-corrected chi connectivity index (χ0v) is 11.2. The summed E-state index contributed by atoms with van der Waals surface area (Å²) in [5.41, 5.74) is 0.598. The maximum Gasteiger partial charge on any atom is 0.237 e. The first-order valence-electron chi connectivity index (χ1n) is 6.42. The second-order valence-electron chi connectivity index (χ2n) is 5.05. The highest BCUT2D eigenvalue weighted by Crippen LogP contribution is 2.35. The zero-order valence-electron chi connectivity index (χ0n) is 10.4. The van der Waals surface area contributed by atoms with E-state index in [2.05, 4.69) is 9.88 Å². The molecule has 19 heavy (non-hydrogen) atoms. The Morgan fingerprint density at radius 1 is 1.42 bits per heavy atom. The highest BCUT2D eigenvalue weighted by atomic mass is 35.5. The van der Waals surface area contributed by atoms with E-state index in [9.17, 15) is 9.18 Å². The molecule has 3 heterocycles. The summed E-state index contributed by atoms with van der Waals surface area (Å²) in [5, 5.41) is 0. The van der Waals surface area contributed by atoms with Gasteiger partial charge in [-0.25, -0.2) is 4.39 Å². The normalized spacial score (nSPS) is 25.8. The minimum Gasteiger partial charge on any atom is -0.360 e. The lowest BCUT2D eigenvalue weighted by Crippen LogP contribution is -2.56. The number of hydrogen-bond donors (Lipinski definition) is 0. The number of hydrogen-bond acceptors (Lipinski definition) is 3. The van der Waals surface area contributed by atoms with Crippen molar-refractivity contribution in [3.05, 3.63) is 24.3 Å². The van der Waals surface area contributed by atoms with Crippen molar-refractivity contribution in [2.75, 3.05) is 23.9 Å². The molecule has 2 aliphatic rings. The Balaban J connectivity index is 1.84. The average Bonchev–Trinajstić information content (AvgIpc) is 2.68. The van der Waals surface area contributed by atoms with Crippen LogP contribution in [0.4, 0.5) is 10.1 Å². The van der Waals surface area contributed by atoms with Gasteiger partial charge in [-0.3, -0.25) is 9.78 Å². The van der Waals surface area contributed by atoms with Crippen molar-refractivity contribution in [2.45, 2.75) is 24.9 Å². The number of anilines is 1. The van der Waals surface area contributed by atoms with Crippen LogP contribution in [0, 0.1) is 5.82 Å². The molecular formula is C13H15ClFN3O. The summed E-state index contributed by atoms with van der Waals surface area (Å²) in [4.78, 5) is 19.4. The van der Waals surface area contributed by atoms with E-state index in [1.807, 2.05) is 0 Å². The SMILES string of the molecule is O=C(CCl)N1C[C@H]2CC[C@@H](C1)N2c1ccncc1F. The highest BCUT2D eigenvalue weighted by Gasteiger charge is 2.41. The topological polar surface area (TPSA) is 36.4 Å². The van der Waals surface area contributed by atoms with Gasteiger partial charge in [0.15, 0.2) is 5.82 Å². The number of fused-ring (bicyclic) bond motifs is 2. The van der Waals surface area contributed by atoms with Crippen molar-refractivity contribution >= 4 is 23.2 Å². The first kappa shape index (κ1) is 12.7. The van der Waals surface area contributed by atoms with Gasteiger partial charge in [-0.15, -0.1) is 11.6 Å². The third-order valence-electron chi connectivity index (χ3n) is 3.98. The predicted octanol–water partition coefficient (Wildman–Crippen LogP) is 1.64. The Bertz CT molecular complexity index is 485. The van der Waals surface area contributed by atoms with Crippen LogP contribution < -0.4 is 4.90 Å². The molecule has 1 aromatic rings. The van der Waals surface area contributed by atoms with E-state index in [1.165, 1.54) is 6.20 Å². The van der Waals surface area contributed by atoms with Crippen molar-refractivity contribution in [2.24, 2.45) is 0 Å². The highest BCUT2D eigenvalue weighted by molar-refractivity contribution is 6.27. The quantitative estimate of drug-likeness (QED) is 0.774. The van der Waals surface area contributed by atoms with E-state index < -0.39 is 0 Å². The molecule has 2 fully saturated rings. The zero-order chi connectivity index (χ0) is 13.4. The predicted molar refractivity (Wildman–Crippen MR) is 70.8 cm³/mol. The summed E-state index contributed by atoms with van der Waals surface area (Å²) in [6.45, 7) is 1.26. The monoisotopic (exact) mass is 283 g/mol. The van der Waals surface area contributed by atoms with Crippen LogP contribution in [0.2, 0.25) is 0 Å². The summed E-state index contributed by atoms with van der Waals surface area (Å²) in [6, 6.07) is 2.07. The van der Waals surface area contributed by atoms with Crippen LogP contribution in [0.15, 0.2) is 18.5 Å². The number of piperazine rings is 1. The molecule has 0 spiro atoms. The van der Waals surface area contributed by atoms with Gasteiger partial charge >= 0.3 is 0 Å². The lowest BCUT2D eigenvalue weighted by molar-refractivity contribution is -0.129. The van der Waals surface area contributed by atoms with Crippen LogP contribution in [0.5, 0.6) is 0 Å². The summed E-state index contributed by atoms with van der Waals surface area (Å²) in [5.74, 6) is -0.312. The number of aromatic nitrogens is 1. The molecule has 3 rings (SSSR count). The fourth-order valence-corrected chi connectivity index (χ4v) is 3.33. The maximum absolute atomic E-state index is 13.9. The number of halogens is 2. The van der Waals surface area contributed by atoms with E-state index in [4.69, 9.17) is 11.6 Å². The van der Waals surface area contributed by atoms with Gasteiger partial charge in [0.25, 0.3) is 0 Å². The van der Waals surface area contributed by atoms with Crippen molar-refractivity contribution in [3.63, 3.8) is 0 Å². The van der Waals surface area contributed by atoms with Gasteiger partial charge in [0, 0.05) is 31.4 Å². The van der Waals surface area contributed by atoms with Crippen LogP contribution in [-0.4, -0.2) is 46.8 Å². The van der Waals surface area contributed by atoms with Gasteiger partial charge in [-0.2, -0.15) is 0 Å². The number of amides is 1.